The van der Waals surface area contributed by atoms with Crippen molar-refractivity contribution >= 4 is 11.9 Å². The summed E-state index contributed by atoms with van der Waals surface area (Å²) in [6.07, 6.45) is 5.25. The van der Waals surface area contributed by atoms with Gasteiger partial charge in [0.25, 0.3) is 0 Å². The Bertz CT molecular complexity index is 617. The van der Waals surface area contributed by atoms with Crippen LogP contribution in [0.2, 0.25) is 0 Å². The SMILES string of the molecule is O=C1/C(=C/c2cccnc2)COc2ccccc21. The predicted molar refractivity (Wildman–Crippen MR) is 68.5 cm³/mol. The second kappa shape index (κ2) is 4.45. The van der Waals surface area contributed by atoms with Crippen molar-refractivity contribution in [3.8, 4) is 5.75 Å². The molecule has 0 radical (unpaired) electrons. The molecule has 3 heteroatoms. The van der Waals surface area contributed by atoms with E-state index >= 15 is 0 Å². The third-order valence-electron chi connectivity index (χ3n) is 2.83. The molecule has 1 aromatic heterocycles. The fourth-order valence-electron chi connectivity index (χ4n) is 1.94. The second-order valence-corrected chi connectivity index (χ2v) is 4.07. The van der Waals surface area contributed by atoms with Gasteiger partial charge in [-0.15, -0.1) is 0 Å². The Morgan fingerprint density at radius 2 is 2.06 bits per heavy atom. The van der Waals surface area contributed by atoms with Crippen LogP contribution in [0.5, 0.6) is 5.75 Å². The summed E-state index contributed by atoms with van der Waals surface area (Å²) in [4.78, 5) is 16.3. The molecule has 3 nitrogen and oxygen atoms in total. The third-order valence-corrected chi connectivity index (χ3v) is 2.83. The average molecular weight is 237 g/mol. The molecule has 1 aromatic carbocycles. The van der Waals surface area contributed by atoms with E-state index in [2.05, 4.69) is 4.98 Å². The van der Waals surface area contributed by atoms with Crippen LogP contribution in [0, 0.1) is 0 Å². The lowest BCUT2D eigenvalue weighted by Gasteiger charge is -2.18. The number of pyridine rings is 1. The molecular formula is C15H11NO2. The number of benzene rings is 1. The van der Waals surface area contributed by atoms with Crippen LogP contribution < -0.4 is 4.74 Å². The Hall–Kier alpha value is -2.42. The van der Waals surface area contributed by atoms with E-state index in [4.69, 9.17) is 4.74 Å². The molecule has 0 aliphatic carbocycles. The highest BCUT2D eigenvalue weighted by molar-refractivity contribution is 6.13. The van der Waals surface area contributed by atoms with E-state index in [9.17, 15) is 4.79 Å². The number of hydrogen-bond donors (Lipinski definition) is 0. The minimum absolute atomic E-state index is 0.0284. The Morgan fingerprint density at radius 1 is 1.17 bits per heavy atom. The minimum Gasteiger partial charge on any atom is -0.488 e. The van der Waals surface area contributed by atoms with Crippen molar-refractivity contribution in [3.63, 3.8) is 0 Å². The Morgan fingerprint density at radius 3 is 2.89 bits per heavy atom. The Labute approximate surface area is 105 Å². The topological polar surface area (TPSA) is 39.2 Å². The highest BCUT2D eigenvalue weighted by Crippen LogP contribution is 2.27. The van der Waals surface area contributed by atoms with Gasteiger partial charge >= 0.3 is 0 Å². The summed E-state index contributed by atoms with van der Waals surface area (Å²) < 4.78 is 5.57. The van der Waals surface area contributed by atoms with E-state index in [0.29, 0.717) is 23.5 Å². The standard InChI is InChI=1S/C15H11NO2/c17-15-12(8-11-4-3-7-16-9-11)10-18-14-6-2-1-5-13(14)15/h1-9H,10H2/b12-8+. The third kappa shape index (κ3) is 1.91. The van der Waals surface area contributed by atoms with Gasteiger partial charge in [-0.1, -0.05) is 18.2 Å². The largest absolute Gasteiger partial charge is 0.488 e. The average Bonchev–Trinajstić information content (AvgIpc) is 2.43. The van der Waals surface area contributed by atoms with E-state index in [-0.39, 0.29) is 5.78 Å². The zero-order chi connectivity index (χ0) is 12.4. The number of hydrogen-bond acceptors (Lipinski definition) is 3. The summed E-state index contributed by atoms with van der Waals surface area (Å²) in [6.45, 7) is 0.310. The van der Waals surface area contributed by atoms with Gasteiger partial charge in [0.15, 0.2) is 5.78 Å². The van der Waals surface area contributed by atoms with Gasteiger partial charge in [0.1, 0.15) is 12.4 Å². The Kier molecular flexibility index (Phi) is 2.65. The molecule has 0 atom stereocenters. The number of rotatable bonds is 1. The number of para-hydroxylation sites is 1. The van der Waals surface area contributed by atoms with Crippen molar-refractivity contribution in [2.45, 2.75) is 0 Å². The molecule has 0 spiro atoms. The lowest BCUT2D eigenvalue weighted by Crippen LogP contribution is -2.18. The number of Topliss-reactive ketones (excluding diaryl/α,β-unsaturated/α-hetero) is 1. The maximum Gasteiger partial charge on any atom is 0.196 e. The first-order valence-electron chi connectivity index (χ1n) is 5.72. The quantitative estimate of drug-likeness (QED) is 0.716. The summed E-state index contributed by atoms with van der Waals surface area (Å²) in [7, 11) is 0. The first-order chi connectivity index (χ1) is 8.84. The molecule has 1 aliphatic rings. The first kappa shape index (κ1) is 10.7. The summed E-state index contributed by atoms with van der Waals surface area (Å²) in [6, 6.07) is 11.1. The number of fused-ring (bicyclic) bond motifs is 1. The van der Waals surface area contributed by atoms with Gasteiger partial charge in [0, 0.05) is 18.0 Å². The second-order valence-electron chi connectivity index (χ2n) is 4.07. The molecular weight excluding hydrogens is 226 g/mol. The van der Waals surface area contributed by atoms with E-state index in [0.717, 1.165) is 5.56 Å². The zero-order valence-corrected chi connectivity index (χ0v) is 9.67. The summed E-state index contributed by atoms with van der Waals surface area (Å²) in [5, 5.41) is 0. The van der Waals surface area contributed by atoms with Gasteiger partial charge in [0.05, 0.1) is 5.56 Å². The monoisotopic (exact) mass is 237 g/mol. The lowest BCUT2D eigenvalue weighted by molar-refractivity contribution is 0.100. The number of aromatic nitrogens is 1. The molecule has 2 aromatic rings. The number of nitrogens with zero attached hydrogens (tertiary/aromatic N) is 1. The molecule has 0 fully saturated rings. The van der Waals surface area contributed by atoms with Crippen LogP contribution in [-0.2, 0) is 0 Å². The van der Waals surface area contributed by atoms with Crippen molar-refractivity contribution < 1.29 is 9.53 Å². The van der Waals surface area contributed by atoms with Crippen LogP contribution in [0.1, 0.15) is 15.9 Å². The summed E-state index contributed by atoms with van der Waals surface area (Å²) in [5.74, 6) is 0.687. The smallest absolute Gasteiger partial charge is 0.196 e. The number of carbonyl (C=O) groups is 1. The van der Waals surface area contributed by atoms with E-state index < -0.39 is 0 Å². The number of carbonyl (C=O) groups excluding carboxylic acids is 1. The van der Waals surface area contributed by atoms with Gasteiger partial charge in [-0.25, -0.2) is 0 Å². The van der Waals surface area contributed by atoms with Gasteiger partial charge < -0.3 is 4.74 Å². The van der Waals surface area contributed by atoms with Crippen molar-refractivity contribution in [1.82, 2.24) is 4.98 Å². The normalized spacial score (nSPS) is 16.2. The van der Waals surface area contributed by atoms with Gasteiger partial charge in [-0.05, 0) is 29.8 Å². The van der Waals surface area contributed by atoms with Gasteiger partial charge in [0.2, 0.25) is 0 Å². The Balaban J connectivity index is 1.98. The van der Waals surface area contributed by atoms with Crippen LogP contribution in [0.15, 0.2) is 54.4 Å². The number of ketones is 1. The van der Waals surface area contributed by atoms with Crippen LogP contribution in [0.3, 0.4) is 0 Å². The fraction of sp³-hybridized carbons (Fsp3) is 0.0667. The van der Waals surface area contributed by atoms with Crippen LogP contribution in [-0.4, -0.2) is 17.4 Å². The van der Waals surface area contributed by atoms with Crippen LogP contribution >= 0.6 is 0 Å². The predicted octanol–water partition coefficient (Wildman–Crippen LogP) is 2.74. The fourth-order valence-corrected chi connectivity index (χ4v) is 1.94. The van der Waals surface area contributed by atoms with Gasteiger partial charge in [-0.2, -0.15) is 0 Å². The van der Waals surface area contributed by atoms with Crippen molar-refractivity contribution in [3.05, 3.63) is 65.5 Å². The van der Waals surface area contributed by atoms with Crippen molar-refractivity contribution in [2.24, 2.45) is 0 Å². The molecule has 0 amide bonds. The van der Waals surface area contributed by atoms with E-state index in [1.165, 1.54) is 0 Å². The summed E-state index contributed by atoms with van der Waals surface area (Å²) in [5.41, 5.74) is 2.18. The van der Waals surface area contributed by atoms with E-state index in [1.807, 2.05) is 36.4 Å². The highest BCUT2D eigenvalue weighted by atomic mass is 16.5. The van der Waals surface area contributed by atoms with Gasteiger partial charge in [-0.3, -0.25) is 9.78 Å². The highest BCUT2D eigenvalue weighted by Gasteiger charge is 2.22. The molecule has 0 saturated heterocycles. The maximum atomic E-state index is 12.3. The number of ether oxygens (including phenoxy) is 1. The molecule has 0 N–H and O–H groups in total. The van der Waals surface area contributed by atoms with Crippen molar-refractivity contribution in [2.75, 3.05) is 6.61 Å². The maximum absolute atomic E-state index is 12.3. The molecule has 0 saturated carbocycles. The van der Waals surface area contributed by atoms with Crippen molar-refractivity contribution in [1.29, 1.82) is 0 Å². The van der Waals surface area contributed by atoms with E-state index in [1.54, 1.807) is 18.5 Å². The van der Waals surface area contributed by atoms with Crippen LogP contribution in [0.25, 0.3) is 6.08 Å². The molecule has 18 heavy (non-hydrogen) atoms. The molecule has 88 valence electrons. The molecule has 0 bridgehead atoms. The molecule has 1 aliphatic heterocycles. The molecule has 0 unspecified atom stereocenters. The lowest BCUT2D eigenvalue weighted by atomic mass is 9.99. The summed E-state index contributed by atoms with van der Waals surface area (Å²) >= 11 is 0. The minimum atomic E-state index is 0.0284. The van der Waals surface area contributed by atoms with Crippen LogP contribution in [0.4, 0.5) is 0 Å². The zero-order valence-electron chi connectivity index (χ0n) is 9.67. The first-order valence-corrected chi connectivity index (χ1v) is 5.72. The molecule has 3 rings (SSSR count). The molecule has 2 heterocycles.